The van der Waals surface area contributed by atoms with Gasteiger partial charge in [0.05, 0.1) is 5.41 Å². The summed E-state index contributed by atoms with van der Waals surface area (Å²) >= 11 is 6.27. The lowest BCUT2D eigenvalue weighted by Crippen LogP contribution is -2.41. The highest BCUT2D eigenvalue weighted by atomic mass is 35.5. The molecule has 2 aliphatic rings. The molecule has 3 atom stereocenters. The molecule has 0 radical (unpaired) electrons. The quantitative estimate of drug-likeness (QED) is 0.418. The van der Waals surface area contributed by atoms with Gasteiger partial charge in [-0.25, -0.2) is 0 Å². The minimum atomic E-state index is -1.81. The van der Waals surface area contributed by atoms with Crippen molar-refractivity contribution in [1.82, 2.24) is 0 Å². The van der Waals surface area contributed by atoms with Gasteiger partial charge < -0.3 is 14.6 Å². The molecule has 0 spiro atoms. The molecule has 1 aliphatic carbocycles. The van der Waals surface area contributed by atoms with Crippen LogP contribution in [0.5, 0.6) is 0 Å². The number of benzene rings is 2. The maximum absolute atomic E-state index is 13.6. The summed E-state index contributed by atoms with van der Waals surface area (Å²) in [5.41, 5.74) is -0.752. The van der Waals surface area contributed by atoms with E-state index in [0.29, 0.717) is 34.6 Å². The molecule has 0 bridgehead atoms. The van der Waals surface area contributed by atoms with E-state index in [4.69, 9.17) is 21.1 Å². The number of hydrogen-bond donors (Lipinski definition) is 1. The van der Waals surface area contributed by atoms with E-state index in [0.717, 1.165) is 19.3 Å². The second-order valence-electron chi connectivity index (χ2n) is 8.86. The van der Waals surface area contributed by atoms with E-state index >= 15 is 0 Å². The molecule has 6 heteroatoms. The summed E-state index contributed by atoms with van der Waals surface area (Å²) in [5, 5.41) is 12.4. The third kappa shape index (κ3) is 3.47. The van der Waals surface area contributed by atoms with Crippen molar-refractivity contribution in [2.45, 2.75) is 63.8 Å². The van der Waals surface area contributed by atoms with Gasteiger partial charge in [0, 0.05) is 29.0 Å². The number of halogens is 1. The summed E-state index contributed by atoms with van der Waals surface area (Å²) in [5.74, 6) is -2.27. The highest BCUT2D eigenvalue weighted by molar-refractivity contribution is 6.30. The van der Waals surface area contributed by atoms with E-state index < -0.39 is 16.8 Å². The number of esters is 1. The molecule has 4 rings (SSSR count). The summed E-state index contributed by atoms with van der Waals surface area (Å²) in [4.78, 5) is 26.0. The van der Waals surface area contributed by atoms with Gasteiger partial charge in [0.15, 0.2) is 5.78 Å². The third-order valence-electron chi connectivity index (χ3n) is 6.96. The number of rotatable bonds is 8. The van der Waals surface area contributed by atoms with E-state index in [1.165, 1.54) is 0 Å². The number of unbranched alkanes of at least 4 members (excludes halogenated alkanes) is 2. The van der Waals surface area contributed by atoms with Crippen molar-refractivity contribution in [2.75, 3.05) is 6.61 Å². The van der Waals surface area contributed by atoms with Crippen LogP contribution < -0.4 is 0 Å². The molecule has 0 amide bonds. The number of fused-ring (bicyclic) bond motifs is 3. The molecule has 32 heavy (non-hydrogen) atoms. The molecule has 1 heterocycles. The molecule has 2 aromatic rings. The highest BCUT2D eigenvalue weighted by Crippen LogP contribution is 2.65. The molecule has 0 aromatic heterocycles. The predicted octanol–water partition coefficient (Wildman–Crippen LogP) is 5.52. The van der Waals surface area contributed by atoms with E-state index in [1.54, 1.807) is 42.5 Å². The third-order valence-corrected chi connectivity index (χ3v) is 7.19. The molecule has 170 valence electrons. The molecular weight excluding hydrogens is 428 g/mol. The van der Waals surface area contributed by atoms with E-state index in [1.807, 2.05) is 13.0 Å². The molecule has 2 aromatic carbocycles. The minimum Gasteiger partial charge on any atom is -0.462 e. The molecule has 5 nitrogen and oxygen atoms in total. The van der Waals surface area contributed by atoms with Gasteiger partial charge in [-0.1, -0.05) is 74.7 Å². The second-order valence-corrected chi connectivity index (χ2v) is 9.29. The number of hydrogen-bond acceptors (Lipinski definition) is 5. The smallest absolute Gasteiger partial charge is 0.305 e. The Morgan fingerprint density at radius 3 is 2.66 bits per heavy atom. The predicted molar refractivity (Wildman–Crippen MR) is 121 cm³/mol. The fourth-order valence-electron chi connectivity index (χ4n) is 5.22. The lowest BCUT2D eigenvalue weighted by atomic mass is 9.71. The normalized spacial score (nSPS) is 28.4. The van der Waals surface area contributed by atoms with Gasteiger partial charge in [-0.15, -0.1) is 0 Å². The minimum absolute atomic E-state index is 0.0994. The monoisotopic (exact) mass is 456 g/mol. The number of ether oxygens (including phenoxy) is 2. The Kier molecular flexibility index (Phi) is 6.19. The van der Waals surface area contributed by atoms with Gasteiger partial charge in [-0.05, 0) is 30.5 Å². The first-order valence-electron chi connectivity index (χ1n) is 11.3. The molecule has 1 saturated heterocycles. The molecule has 1 fully saturated rings. The van der Waals surface area contributed by atoms with Crippen molar-refractivity contribution >= 4 is 23.4 Å². The van der Waals surface area contributed by atoms with Gasteiger partial charge in [0.1, 0.15) is 12.2 Å². The van der Waals surface area contributed by atoms with Crippen LogP contribution in [0, 0.1) is 5.41 Å². The fourth-order valence-corrected chi connectivity index (χ4v) is 5.41. The van der Waals surface area contributed by atoms with Crippen LogP contribution in [-0.2, 0) is 25.7 Å². The molecule has 1 N–H and O–H groups in total. The van der Waals surface area contributed by atoms with Crippen LogP contribution in [-0.4, -0.2) is 23.5 Å². The van der Waals surface area contributed by atoms with E-state index in [2.05, 4.69) is 6.92 Å². The number of ketones is 1. The molecule has 2 unspecified atom stereocenters. The lowest BCUT2D eigenvalue weighted by molar-refractivity contribution is -0.267. The average molecular weight is 457 g/mol. The van der Waals surface area contributed by atoms with Crippen molar-refractivity contribution in [3.63, 3.8) is 0 Å². The van der Waals surface area contributed by atoms with Crippen molar-refractivity contribution in [3.8, 4) is 0 Å². The number of Topliss-reactive ketones (excluding diaryl/α,β-unsaturated/α-hetero) is 1. The summed E-state index contributed by atoms with van der Waals surface area (Å²) in [6, 6.07) is 14.1. The van der Waals surface area contributed by atoms with Gasteiger partial charge in [0.2, 0.25) is 5.79 Å². The Morgan fingerprint density at radius 1 is 1.16 bits per heavy atom. The Balaban J connectivity index is 1.74. The topological polar surface area (TPSA) is 72.8 Å². The Labute approximate surface area is 193 Å². The first kappa shape index (κ1) is 23.0. The van der Waals surface area contributed by atoms with Crippen LogP contribution in [0.4, 0.5) is 0 Å². The van der Waals surface area contributed by atoms with Gasteiger partial charge in [-0.3, -0.25) is 9.59 Å². The summed E-state index contributed by atoms with van der Waals surface area (Å²) in [6.07, 6.45) is 3.61. The van der Waals surface area contributed by atoms with Crippen molar-refractivity contribution in [2.24, 2.45) is 5.41 Å². The Bertz CT molecular complexity index is 1040. The molecule has 1 aliphatic heterocycles. The van der Waals surface area contributed by atoms with Gasteiger partial charge >= 0.3 is 5.97 Å². The summed E-state index contributed by atoms with van der Waals surface area (Å²) < 4.78 is 12.1. The molecular formula is C26H29ClO5. The Hall–Kier alpha value is -2.21. The van der Waals surface area contributed by atoms with Gasteiger partial charge in [0.25, 0.3) is 0 Å². The van der Waals surface area contributed by atoms with E-state index in [-0.39, 0.29) is 24.8 Å². The standard InChI is InChI=1S/C26H29ClO5/c1-3-5-6-14-22(28)31-17-25(18-10-9-11-19(27)15-18)16-24(4-2)23(29)20-12-7-8-13-21(20)26(24,30)32-25/h7-13,15,30H,3-6,14,16-17H2,1-2H3/t24?,25-,26?/m1/s1. The van der Waals surface area contributed by atoms with Crippen LogP contribution in [0.2, 0.25) is 5.02 Å². The van der Waals surface area contributed by atoms with Crippen molar-refractivity contribution in [1.29, 1.82) is 0 Å². The number of carbonyl (C=O) groups excluding carboxylic acids is 2. The number of carbonyl (C=O) groups is 2. The number of aliphatic hydroxyl groups is 1. The first-order valence-corrected chi connectivity index (χ1v) is 11.7. The van der Waals surface area contributed by atoms with Crippen LogP contribution in [0.3, 0.4) is 0 Å². The largest absolute Gasteiger partial charge is 0.462 e. The Morgan fingerprint density at radius 2 is 1.94 bits per heavy atom. The summed E-state index contributed by atoms with van der Waals surface area (Å²) in [6.45, 7) is 3.85. The zero-order valence-electron chi connectivity index (χ0n) is 18.5. The average Bonchev–Trinajstić information content (AvgIpc) is 3.17. The lowest BCUT2D eigenvalue weighted by Gasteiger charge is -2.33. The SMILES string of the molecule is CCCCCC(=O)OC[C@@]1(c2cccc(Cl)c2)CC2(CC)C(=O)c3ccccc3C2(O)O1. The van der Waals surface area contributed by atoms with Crippen LogP contribution in [0.15, 0.2) is 48.5 Å². The highest BCUT2D eigenvalue weighted by Gasteiger charge is 2.72. The zero-order valence-corrected chi connectivity index (χ0v) is 19.3. The fraction of sp³-hybridized carbons (Fsp3) is 0.462. The van der Waals surface area contributed by atoms with Gasteiger partial charge in [-0.2, -0.15) is 0 Å². The first-order chi connectivity index (χ1) is 15.3. The van der Waals surface area contributed by atoms with E-state index in [9.17, 15) is 14.7 Å². The maximum atomic E-state index is 13.6. The molecule has 0 saturated carbocycles. The van der Waals surface area contributed by atoms with Crippen LogP contribution >= 0.6 is 11.6 Å². The van der Waals surface area contributed by atoms with Crippen LogP contribution in [0.1, 0.15) is 73.9 Å². The summed E-state index contributed by atoms with van der Waals surface area (Å²) in [7, 11) is 0. The van der Waals surface area contributed by atoms with Crippen molar-refractivity contribution in [3.05, 3.63) is 70.2 Å². The van der Waals surface area contributed by atoms with Crippen molar-refractivity contribution < 1.29 is 24.2 Å². The van der Waals surface area contributed by atoms with Crippen LogP contribution in [0.25, 0.3) is 0 Å². The maximum Gasteiger partial charge on any atom is 0.305 e. The second kappa shape index (κ2) is 8.62. The zero-order chi connectivity index (χ0) is 23.0.